The van der Waals surface area contributed by atoms with Gasteiger partial charge in [0.1, 0.15) is 0 Å². The highest BCUT2D eigenvalue weighted by Crippen LogP contribution is 2.17. The summed E-state index contributed by atoms with van der Waals surface area (Å²) < 4.78 is 1.11. The normalized spacial score (nSPS) is 16.7. The second-order valence-electron chi connectivity index (χ2n) is 4.39. The van der Waals surface area contributed by atoms with Gasteiger partial charge in [0, 0.05) is 31.4 Å². The predicted octanol–water partition coefficient (Wildman–Crippen LogP) is 2.09. The SMILES string of the molecule is CC(=O)N1CCC(NC(=O)c2csc(I)c2)CC1. The minimum Gasteiger partial charge on any atom is -0.349 e. The van der Waals surface area contributed by atoms with Gasteiger partial charge < -0.3 is 10.2 Å². The van der Waals surface area contributed by atoms with Crippen LogP contribution >= 0.6 is 33.9 Å². The molecule has 0 atom stereocenters. The standard InChI is InChI=1S/C12H15IN2O2S/c1-8(16)15-4-2-10(3-5-15)14-12(17)9-6-11(13)18-7-9/h6-7,10H,2-5H2,1H3,(H,14,17). The average Bonchev–Trinajstić information content (AvgIpc) is 2.76. The smallest absolute Gasteiger partial charge is 0.252 e. The maximum absolute atomic E-state index is 12.0. The molecule has 0 bridgehead atoms. The predicted molar refractivity (Wildman–Crippen MR) is 79.8 cm³/mol. The molecule has 6 heteroatoms. The Hall–Kier alpha value is -0.630. The van der Waals surface area contributed by atoms with Gasteiger partial charge in [0.25, 0.3) is 5.91 Å². The number of hydrogen-bond acceptors (Lipinski definition) is 3. The van der Waals surface area contributed by atoms with E-state index in [1.807, 2.05) is 16.3 Å². The summed E-state index contributed by atoms with van der Waals surface area (Å²) in [6.07, 6.45) is 1.68. The second kappa shape index (κ2) is 6.01. The van der Waals surface area contributed by atoms with Gasteiger partial charge in [-0.2, -0.15) is 0 Å². The van der Waals surface area contributed by atoms with Crippen molar-refractivity contribution in [3.8, 4) is 0 Å². The molecule has 1 aliphatic heterocycles. The summed E-state index contributed by atoms with van der Waals surface area (Å²) in [4.78, 5) is 25.0. The first-order chi connectivity index (χ1) is 8.56. The zero-order valence-electron chi connectivity index (χ0n) is 10.1. The molecular formula is C12H15IN2O2S. The molecule has 2 rings (SSSR count). The third-order valence-electron chi connectivity index (χ3n) is 3.11. The molecule has 98 valence electrons. The fourth-order valence-electron chi connectivity index (χ4n) is 2.04. The summed E-state index contributed by atoms with van der Waals surface area (Å²) in [5, 5.41) is 4.91. The lowest BCUT2D eigenvalue weighted by molar-refractivity contribution is -0.129. The Morgan fingerprint density at radius 1 is 1.44 bits per heavy atom. The Balaban J connectivity index is 1.85. The number of carbonyl (C=O) groups is 2. The van der Waals surface area contributed by atoms with Crippen LogP contribution in [-0.2, 0) is 4.79 Å². The van der Waals surface area contributed by atoms with Crippen LogP contribution in [0.25, 0.3) is 0 Å². The van der Waals surface area contributed by atoms with Crippen molar-refractivity contribution in [2.45, 2.75) is 25.8 Å². The molecule has 4 nitrogen and oxygen atoms in total. The Morgan fingerprint density at radius 2 is 2.11 bits per heavy atom. The summed E-state index contributed by atoms with van der Waals surface area (Å²) >= 11 is 3.78. The molecule has 0 spiro atoms. The molecule has 0 radical (unpaired) electrons. The van der Waals surface area contributed by atoms with Crippen LogP contribution in [0.4, 0.5) is 0 Å². The van der Waals surface area contributed by atoms with E-state index in [1.54, 1.807) is 18.3 Å². The van der Waals surface area contributed by atoms with Crippen molar-refractivity contribution >= 4 is 45.7 Å². The van der Waals surface area contributed by atoms with Crippen LogP contribution in [0, 0.1) is 2.88 Å². The Labute approximate surface area is 124 Å². The van der Waals surface area contributed by atoms with Crippen molar-refractivity contribution in [3.05, 3.63) is 19.9 Å². The number of piperidine rings is 1. The van der Waals surface area contributed by atoms with E-state index in [9.17, 15) is 9.59 Å². The number of thiophene rings is 1. The largest absolute Gasteiger partial charge is 0.349 e. The first kappa shape index (κ1) is 13.8. The number of rotatable bonds is 2. The van der Waals surface area contributed by atoms with Gasteiger partial charge in [-0.3, -0.25) is 9.59 Å². The van der Waals surface area contributed by atoms with E-state index in [-0.39, 0.29) is 17.9 Å². The zero-order chi connectivity index (χ0) is 13.1. The van der Waals surface area contributed by atoms with E-state index >= 15 is 0 Å². The molecule has 2 amide bonds. The molecule has 0 saturated carbocycles. The van der Waals surface area contributed by atoms with E-state index in [2.05, 4.69) is 27.9 Å². The number of nitrogens with zero attached hydrogens (tertiary/aromatic N) is 1. The Kier molecular flexibility index (Phi) is 4.60. The quantitative estimate of drug-likeness (QED) is 0.802. The number of likely N-dealkylation sites (tertiary alicyclic amines) is 1. The summed E-state index contributed by atoms with van der Waals surface area (Å²) in [7, 11) is 0. The molecule has 0 aromatic carbocycles. The van der Waals surface area contributed by atoms with E-state index in [0.717, 1.165) is 34.4 Å². The lowest BCUT2D eigenvalue weighted by atomic mass is 10.0. The monoisotopic (exact) mass is 378 g/mol. The van der Waals surface area contributed by atoms with Crippen LogP contribution in [0.5, 0.6) is 0 Å². The zero-order valence-corrected chi connectivity index (χ0v) is 13.1. The molecule has 1 aromatic heterocycles. The molecule has 2 heterocycles. The first-order valence-electron chi connectivity index (χ1n) is 5.86. The van der Waals surface area contributed by atoms with Gasteiger partial charge in [0.2, 0.25) is 5.91 Å². The highest BCUT2D eigenvalue weighted by atomic mass is 127. The van der Waals surface area contributed by atoms with Crippen LogP contribution in [-0.4, -0.2) is 35.8 Å². The van der Waals surface area contributed by atoms with Gasteiger partial charge in [-0.05, 0) is 41.5 Å². The Bertz CT molecular complexity index is 453. The van der Waals surface area contributed by atoms with Crippen LogP contribution in [0.1, 0.15) is 30.1 Å². The maximum atomic E-state index is 12.0. The second-order valence-corrected chi connectivity index (χ2v) is 7.20. The molecule has 0 unspecified atom stereocenters. The van der Waals surface area contributed by atoms with Crippen LogP contribution < -0.4 is 5.32 Å². The highest BCUT2D eigenvalue weighted by Gasteiger charge is 2.22. The molecule has 1 aliphatic rings. The van der Waals surface area contributed by atoms with Crippen molar-refractivity contribution in [1.82, 2.24) is 10.2 Å². The molecule has 1 aromatic rings. The molecule has 1 saturated heterocycles. The van der Waals surface area contributed by atoms with Gasteiger partial charge in [-0.1, -0.05) is 0 Å². The highest BCUT2D eigenvalue weighted by molar-refractivity contribution is 14.1. The number of nitrogens with one attached hydrogen (secondary N) is 1. The molecule has 1 fully saturated rings. The van der Waals surface area contributed by atoms with E-state index in [4.69, 9.17) is 0 Å². The summed E-state index contributed by atoms with van der Waals surface area (Å²) in [6.45, 7) is 3.06. The number of carbonyl (C=O) groups excluding carboxylic acids is 2. The van der Waals surface area contributed by atoms with E-state index in [1.165, 1.54) is 0 Å². The summed E-state index contributed by atoms with van der Waals surface area (Å²) in [5.41, 5.74) is 0.735. The molecule has 18 heavy (non-hydrogen) atoms. The average molecular weight is 378 g/mol. The maximum Gasteiger partial charge on any atom is 0.252 e. The minimum atomic E-state index is -0.00422. The van der Waals surface area contributed by atoms with Crippen LogP contribution in [0.3, 0.4) is 0 Å². The first-order valence-corrected chi connectivity index (χ1v) is 7.82. The number of hydrogen-bond donors (Lipinski definition) is 1. The topological polar surface area (TPSA) is 49.4 Å². The lowest BCUT2D eigenvalue weighted by Crippen LogP contribution is -2.45. The van der Waals surface area contributed by atoms with Crippen LogP contribution in [0.2, 0.25) is 0 Å². The van der Waals surface area contributed by atoms with Crippen LogP contribution in [0.15, 0.2) is 11.4 Å². The molecular weight excluding hydrogens is 363 g/mol. The lowest BCUT2D eigenvalue weighted by Gasteiger charge is -2.31. The molecule has 0 aliphatic carbocycles. The van der Waals surface area contributed by atoms with Gasteiger partial charge in [0.05, 0.1) is 8.45 Å². The van der Waals surface area contributed by atoms with Gasteiger partial charge in [0.15, 0.2) is 0 Å². The molecule has 1 N–H and O–H groups in total. The van der Waals surface area contributed by atoms with Gasteiger partial charge in [-0.25, -0.2) is 0 Å². The fourth-order valence-corrected chi connectivity index (χ4v) is 3.36. The number of halogens is 1. The van der Waals surface area contributed by atoms with Crippen molar-refractivity contribution in [1.29, 1.82) is 0 Å². The fraction of sp³-hybridized carbons (Fsp3) is 0.500. The van der Waals surface area contributed by atoms with Crippen molar-refractivity contribution < 1.29 is 9.59 Å². The summed E-state index contributed by atoms with van der Waals surface area (Å²) in [6, 6.07) is 2.08. The number of amides is 2. The van der Waals surface area contributed by atoms with E-state index < -0.39 is 0 Å². The minimum absolute atomic E-state index is 0.00422. The third-order valence-corrected chi connectivity index (χ3v) is 4.89. The van der Waals surface area contributed by atoms with Gasteiger partial charge >= 0.3 is 0 Å². The van der Waals surface area contributed by atoms with Crippen molar-refractivity contribution in [2.24, 2.45) is 0 Å². The van der Waals surface area contributed by atoms with Crippen molar-refractivity contribution in [2.75, 3.05) is 13.1 Å². The summed E-state index contributed by atoms with van der Waals surface area (Å²) in [5.74, 6) is 0.114. The van der Waals surface area contributed by atoms with Crippen molar-refractivity contribution in [3.63, 3.8) is 0 Å². The van der Waals surface area contributed by atoms with Gasteiger partial charge in [-0.15, -0.1) is 11.3 Å². The Morgan fingerprint density at radius 3 is 2.61 bits per heavy atom. The van der Waals surface area contributed by atoms with E-state index in [0.29, 0.717) is 0 Å². The third kappa shape index (κ3) is 3.44.